The number of nitrogens with zero attached hydrogens (tertiary/aromatic N) is 3. The first-order valence-electron chi connectivity index (χ1n) is 6.82. The molecule has 0 saturated heterocycles. The van der Waals surface area contributed by atoms with Gasteiger partial charge in [-0.05, 0) is 24.7 Å². The van der Waals surface area contributed by atoms with E-state index < -0.39 is 4.92 Å². The summed E-state index contributed by atoms with van der Waals surface area (Å²) in [5.74, 6) is 5.49. The average Bonchev–Trinajstić information content (AvgIpc) is 2.93. The van der Waals surface area contributed by atoms with Crippen molar-refractivity contribution in [2.75, 3.05) is 17.3 Å². The van der Waals surface area contributed by atoms with E-state index in [1.165, 1.54) is 19.2 Å². The van der Waals surface area contributed by atoms with Crippen LogP contribution in [0.3, 0.4) is 0 Å². The number of nitrogen functional groups attached to an aromatic ring is 1. The number of hydrogen-bond acceptors (Lipinski definition) is 7. The molecule has 1 saturated carbocycles. The van der Waals surface area contributed by atoms with Crippen molar-refractivity contribution in [2.24, 2.45) is 11.3 Å². The van der Waals surface area contributed by atoms with Crippen molar-refractivity contribution < 1.29 is 4.92 Å². The fourth-order valence-corrected chi connectivity index (χ4v) is 2.84. The molecule has 1 aliphatic rings. The second-order valence-electron chi connectivity index (χ2n) is 5.24. The van der Waals surface area contributed by atoms with Crippen LogP contribution in [0, 0.1) is 15.5 Å². The molecule has 1 aromatic rings. The molecule has 1 aliphatic carbocycles. The molecule has 1 fully saturated rings. The van der Waals surface area contributed by atoms with E-state index in [-0.39, 0.29) is 22.7 Å². The highest BCUT2D eigenvalue weighted by molar-refractivity contribution is 5.68. The Hall–Kier alpha value is -1.96. The Morgan fingerprint density at radius 3 is 2.60 bits per heavy atom. The number of hydrogen-bond donors (Lipinski definition) is 3. The molecule has 8 heteroatoms. The highest BCUT2D eigenvalue weighted by Crippen LogP contribution is 2.41. The minimum atomic E-state index is -0.523. The van der Waals surface area contributed by atoms with E-state index in [9.17, 15) is 10.1 Å². The minimum Gasteiger partial charge on any atom is -0.364 e. The molecule has 110 valence electrons. The van der Waals surface area contributed by atoms with Crippen molar-refractivity contribution in [2.45, 2.75) is 39.0 Å². The van der Waals surface area contributed by atoms with Gasteiger partial charge >= 0.3 is 5.69 Å². The lowest BCUT2D eigenvalue weighted by Crippen LogP contribution is -2.26. The smallest absolute Gasteiger partial charge is 0.354 e. The molecule has 0 spiro atoms. The van der Waals surface area contributed by atoms with Crippen molar-refractivity contribution >= 4 is 17.3 Å². The Morgan fingerprint density at radius 2 is 2.05 bits per heavy atom. The number of rotatable bonds is 6. The van der Waals surface area contributed by atoms with Crippen molar-refractivity contribution in [3.8, 4) is 0 Å². The molecule has 0 aromatic carbocycles. The zero-order valence-electron chi connectivity index (χ0n) is 11.6. The van der Waals surface area contributed by atoms with Gasteiger partial charge in [0.15, 0.2) is 0 Å². The molecular weight excluding hydrogens is 260 g/mol. The Morgan fingerprint density at radius 1 is 1.40 bits per heavy atom. The summed E-state index contributed by atoms with van der Waals surface area (Å²) < 4.78 is 0. The van der Waals surface area contributed by atoms with E-state index in [1.807, 2.05) is 0 Å². The molecule has 1 heterocycles. The molecule has 0 aliphatic heterocycles. The van der Waals surface area contributed by atoms with Crippen molar-refractivity contribution in [3.05, 3.63) is 16.4 Å². The maximum atomic E-state index is 11.1. The number of nitrogens with two attached hydrogens (primary N) is 1. The average molecular weight is 280 g/mol. The van der Waals surface area contributed by atoms with Crippen molar-refractivity contribution in [1.82, 2.24) is 9.97 Å². The molecule has 4 N–H and O–H groups in total. The van der Waals surface area contributed by atoms with Gasteiger partial charge in [-0.3, -0.25) is 10.1 Å². The quantitative estimate of drug-likeness (QED) is 0.414. The minimum absolute atomic E-state index is 0.0180. The Balaban J connectivity index is 2.19. The summed E-state index contributed by atoms with van der Waals surface area (Å²) in [6.45, 7) is 2.85. The van der Waals surface area contributed by atoms with Gasteiger partial charge in [-0.1, -0.05) is 19.8 Å². The largest absolute Gasteiger partial charge is 0.364 e. The highest BCUT2D eigenvalue weighted by atomic mass is 16.6. The molecule has 2 rings (SSSR count). The van der Waals surface area contributed by atoms with E-state index in [1.54, 1.807) is 0 Å². The fourth-order valence-electron chi connectivity index (χ4n) is 2.84. The Labute approximate surface area is 117 Å². The molecule has 0 bridgehead atoms. The van der Waals surface area contributed by atoms with Gasteiger partial charge in [0, 0.05) is 6.54 Å². The third-order valence-corrected chi connectivity index (χ3v) is 4.19. The van der Waals surface area contributed by atoms with E-state index >= 15 is 0 Å². The van der Waals surface area contributed by atoms with Crippen LogP contribution in [-0.2, 0) is 0 Å². The van der Waals surface area contributed by atoms with Gasteiger partial charge in [-0.25, -0.2) is 15.8 Å². The topological polar surface area (TPSA) is 119 Å². The summed E-state index contributed by atoms with van der Waals surface area (Å²) in [6.07, 6.45) is 7.06. The van der Waals surface area contributed by atoms with Crippen LogP contribution in [0.5, 0.6) is 0 Å². The SMILES string of the molecule is CCC1(CNc2ncnc(NN)c2[N+](=O)[O-])CCCC1. The van der Waals surface area contributed by atoms with Crippen LogP contribution in [0.4, 0.5) is 17.3 Å². The monoisotopic (exact) mass is 280 g/mol. The lowest BCUT2D eigenvalue weighted by atomic mass is 9.83. The molecule has 0 atom stereocenters. The third-order valence-electron chi connectivity index (χ3n) is 4.19. The van der Waals surface area contributed by atoms with Gasteiger partial charge in [0.1, 0.15) is 6.33 Å². The van der Waals surface area contributed by atoms with E-state index in [0.29, 0.717) is 6.54 Å². The zero-order valence-corrected chi connectivity index (χ0v) is 11.6. The molecule has 0 unspecified atom stereocenters. The summed E-state index contributed by atoms with van der Waals surface area (Å²) in [6, 6.07) is 0. The second-order valence-corrected chi connectivity index (χ2v) is 5.24. The molecule has 0 radical (unpaired) electrons. The molecule has 1 aromatic heterocycles. The molecule has 8 nitrogen and oxygen atoms in total. The maximum absolute atomic E-state index is 11.1. The first-order valence-corrected chi connectivity index (χ1v) is 6.82. The third kappa shape index (κ3) is 2.79. The number of aromatic nitrogens is 2. The molecule has 0 amide bonds. The van der Waals surface area contributed by atoms with Crippen LogP contribution in [0.25, 0.3) is 0 Å². The van der Waals surface area contributed by atoms with E-state index in [2.05, 4.69) is 27.6 Å². The molecular formula is C12H20N6O2. The van der Waals surface area contributed by atoms with Crippen molar-refractivity contribution in [3.63, 3.8) is 0 Å². The second kappa shape index (κ2) is 6.00. The molecule has 20 heavy (non-hydrogen) atoms. The normalized spacial score (nSPS) is 16.9. The number of hydrazine groups is 1. The van der Waals surface area contributed by atoms with Crippen LogP contribution in [0.2, 0.25) is 0 Å². The first kappa shape index (κ1) is 14.4. The van der Waals surface area contributed by atoms with Gasteiger partial charge in [-0.2, -0.15) is 0 Å². The predicted molar refractivity (Wildman–Crippen MR) is 76.2 cm³/mol. The lowest BCUT2D eigenvalue weighted by molar-refractivity contribution is -0.383. The fraction of sp³-hybridized carbons (Fsp3) is 0.667. The first-order chi connectivity index (χ1) is 9.62. The van der Waals surface area contributed by atoms with Gasteiger partial charge in [0.2, 0.25) is 11.6 Å². The number of nitrogens with one attached hydrogen (secondary N) is 2. The summed E-state index contributed by atoms with van der Waals surface area (Å²) in [7, 11) is 0. The Kier molecular flexibility index (Phi) is 4.33. The summed E-state index contributed by atoms with van der Waals surface area (Å²) >= 11 is 0. The van der Waals surface area contributed by atoms with E-state index in [4.69, 9.17) is 5.84 Å². The Bertz CT molecular complexity index is 487. The van der Waals surface area contributed by atoms with E-state index in [0.717, 1.165) is 19.3 Å². The summed E-state index contributed by atoms with van der Waals surface area (Å²) in [4.78, 5) is 18.4. The van der Waals surface area contributed by atoms with Gasteiger partial charge in [0.25, 0.3) is 0 Å². The summed E-state index contributed by atoms with van der Waals surface area (Å²) in [5, 5.41) is 14.3. The zero-order chi connectivity index (χ0) is 14.6. The van der Waals surface area contributed by atoms with Gasteiger partial charge in [-0.15, -0.1) is 0 Å². The van der Waals surface area contributed by atoms with Crippen LogP contribution in [0.1, 0.15) is 39.0 Å². The van der Waals surface area contributed by atoms with Crippen LogP contribution >= 0.6 is 0 Å². The number of nitro groups is 1. The summed E-state index contributed by atoms with van der Waals surface area (Å²) in [5.41, 5.74) is 2.24. The lowest BCUT2D eigenvalue weighted by Gasteiger charge is -2.27. The highest BCUT2D eigenvalue weighted by Gasteiger charge is 2.33. The standard InChI is InChI=1S/C12H20N6O2/c1-2-12(5-3-4-6-12)7-14-10-9(18(19)20)11(17-13)16-8-15-10/h8H,2-7,13H2,1H3,(H2,14,15,16,17). The van der Waals surface area contributed by atoms with Crippen LogP contribution in [-0.4, -0.2) is 21.4 Å². The van der Waals surface area contributed by atoms with Crippen molar-refractivity contribution in [1.29, 1.82) is 0 Å². The maximum Gasteiger partial charge on any atom is 0.354 e. The van der Waals surface area contributed by atoms with Gasteiger partial charge in [0.05, 0.1) is 4.92 Å². The van der Waals surface area contributed by atoms with Crippen LogP contribution in [0.15, 0.2) is 6.33 Å². The predicted octanol–water partition coefficient (Wildman–Crippen LogP) is 2.05. The number of anilines is 2. The van der Waals surface area contributed by atoms with Gasteiger partial charge < -0.3 is 10.7 Å². The van der Waals surface area contributed by atoms with Crippen LogP contribution < -0.4 is 16.6 Å².